The van der Waals surface area contributed by atoms with E-state index in [1.165, 1.54) is 0 Å². The Morgan fingerprint density at radius 2 is 2.36 bits per heavy atom. The predicted octanol–water partition coefficient (Wildman–Crippen LogP) is 2.74. The van der Waals surface area contributed by atoms with E-state index in [4.69, 9.17) is 28.1 Å². The first kappa shape index (κ1) is 10.1. The number of cyclic esters (lactones) is 1. The molecule has 2 atom stereocenters. The van der Waals surface area contributed by atoms with Crippen molar-refractivity contribution >= 4 is 29.5 Å². The third-order valence-electron chi connectivity index (χ3n) is 3.22. The highest BCUT2D eigenvalue weighted by Crippen LogP contribution is 2.61. The van der Waals surface area contributed by atoms with Gasteiger partial charge in [-0.15, -0.1) is 11.6 Å². The number of hydrogen-bond donors (Lipinski definition) is 0. The molecule has 0 N–H and O–H groups in total. The number of alkyl halides is 1. The van der Waals surface area contributed by atoms with Crippen molar-refractivity contribution in [2.24, 2.45) is 11.3 Å². The minimum atomic E-state index is -0.532. The molecule has 1 fully saturated rings. The van der Waals surface area contributed by atoms with Gasteiger partial charge >= 0.3 is 6.09 Å². The summed E-state index contributed by atoms with van der Waals surface area (Å²) in [4.78, 5) is 11.3. The van der Waals surface area contributed by atoms with Crippen molar-refractivity contribution in [2.45, 2.75) is 13.8 Å². The fraction of sp³-hybridized carbons (Fsp3) is 0.667. The van der Waals surface area contributed by atoms with Gasteiger partial charge in [0.05, 0.1) is 12.4 Å². The molecule has 0 aromatic heterocycles. The Bertz CT molecular complexity index is 329. The van der Waals surface area contributed by atoms with E-state index in [0.29, 0.717) is 18.2 Å². The highest BCUT2D eigenvalue weighted by Gasteiger charge is 2.58. The van der Waals surface area contributed by atoms with Crippen LogP contribution in [0.5, 0.6) is 0 Å². The summed E-state index contributed by atoms with van der Waals surface area (Å²) in [6.45, 7) is 4.65. The summed E-state index contributed by atoms with van der Waals surface area (Å²) in [5.74, 6) is 1.20. The highest BCUT2D eigenvalue weighted by atomic mass is 35.5. The lowest BCUT2D eigenvalue weighted by molar-refractivity contribution is 0.154. The van der Waals surface area contributed by atoms with Crippen molar-refractivity contribution in [3.8, 4) is 0 Å². The Kier molecular flexibility index (Phi) is 2.20. The molecule has 1 aliphatic heterocycles. The van der Waals surface area contributed by atoms with E-state index in [0.717, 1.165) is 9.99 Å². The van der Waals surface area contributed by atoms with E-state index in [1.807, 2.05) is 0 Å². The first-order chi connectivity index (χ1) is 6.50. The van der Waals surface area contributed by atoms with Crippen LogP contribution in [0.4, 0.5) is 4.79 Å². The lowest BCUT2D eigenvalue weighted by Gasteiger charge is -2.15. The number of ether oxygens (including phenoxy) is 1. The Morgan fingerprint density at radius 1 is 1.71 bits per heavy atom. The summed E-state index contributed by atoms with van der Waals surface area (Å²) in [6.07, 6.45) is -0.532. The number of rotatable bonds is 1. The molecule has 0 aromatic rings. The third-order valence-corrected chi connectivity index (χ3v) is 3.72. The summed E-state index contributed by atoms with van der Waals surface area (Å²) in [7, 11) is 0. The van der Waals surface area contributed by atoms with Crippen molar-refractivity contribution in [3.63, 3.8) is 0 Å². The molecule has 78 valence electrons. The summed E-state index contributed by atoms with van der Waals surface area (Å²) >= 11 is 11.5. The molecule has 0 saturated heterocycles. The molecular formula is C9H11Cl2NO2. The maximum atomic E-state index is 11.3. The monoisotopic (exact) mass is 235 g/mol. The topological polar surface area (TPSA) is 29.5 Å². The molecule has 1 amide bonds. The normalized spacial score (nSPS) is 36.4. The van der Waals surface area contributed by atoms with Gasteiger partial charge in [0, 0.05) is 17.2 Å². The largest absolute Gasteiger partial charge is 0.429 e. The average Bonchev–Trinajstić information content (AvgIpc) is 2.66. The second kappa shape index (κ2) is 3.04. The second-order valence-corrected chi connectivity index (χ2v) is 4.67. The van der Waals surface area contributed by atoms with Crippen molar-refractivity contribution in [2.75, 3.05) is 12.4 Å². The fourth-order valence-corrected chi connectivity index (χ4v) is 2.61. The summed E-state index contributed by atoms with van der Waals surface area (Å²) < 4.78 is 6.15. The molecule has 0 radical (unpaired) electrons. The smallest absolute Gasteiger partial charge is 0.413 e. The van der Waals surface area contributed by atoms with Crippen molar-refractivity contribution < 1.29 is 9.53 Å². The molecular weight excluding hydrogens is 225 g/mol. The van der Waals surface area contributed by atoms with Gasteiger partial charge in [0.1, 0.15) is 5.76 Å². The van der Waals surface area contributed by atoms with Gasteiger partial charge in [-0.25, -0.2) is 9.21 Å². The predicted molar refractivity (Wildman–Crippen MR) is 54.1 cm³/mol. The van der Waals surface area contributed by atoms with Gasteiger partial charge < -0.3 is 4.74 Å². The summed E-state index contributed by atoms with van der Waals surface area (Å²) in [5.41, 5.74) is 1.09. The van der Waals surface area contributed by atoms with Gasteiger partial charge in [-0.2, -0.15) is 0 Å². The maximum absolute atomic E-state index is 11.3. The molecule has 2 aliphatic rings. The van der Waals surface area contributed by atoms with Gasteiger partial charge in [0.2, 0.25) is 0 Å². The van der Waals surface area contributed by atoms with Gasteiger partial charge in [-0.3, -0.25) is 0 Å². The van der Waals surface area contributed by atoms with Crippen LogP contribution in [0.3, 0.4) is 0 Å². The van der Waals surface area contributed by atoms with Crippen LogP contribution in [0, 0.1) is 11.3 Å². The van der Waals surface area contributed by atoms with E-state index < -0.39 is 6.09 Å². The summed E-state index contributed by atoms with van der Waals surface area (Å²) in [5, 5.41) is 0. The zero-order valence-electron chi connectivity index (χ0n) is 8.01. The molecule has 0 aromatic carbocycles. The standard InChI is InChI=1S/C9H11Cl2NO2/c1-5-7-6(3-10)14-8(13)12(11)4-9(5,7)2/h5H,3-4H2,1-2H3. The zero-order valence-corrected chi connectivity index (χ0v) is 9.52. The van der Waals surface area contributed by atoms with E-state index in [2.05, 4.69) is 13.8 Å². The van der Waals surface area contributed by atoms with Gasteiger partial charge in [0.25, 0.3) is 0 Å². The molecule has 5 heteroatoms. The number of carbonyl (C=O) groups excluding carboxylic acids is 1. The minimum absolute atomic E-state index is 0.0435. The van der Waals surface area contributed by atoms with Crippen LogP contribution in [0.15, 0.2) is 11.3 Å². The Morgan fingerprint density at radius 3 is 2.93 bits per heavy atom. The van der Waals surface area contributed by atoms with Crippen LogP contribution in [0.1, 0.15) is 13.8 Å². The molecule has 3 nitrogen and oxygen atoms in total. The second-order valence-electron chi connectivity index (χ2n) is 4.00. The number of allylic oxidation sites excluding steroid dienone is 1. The van der Waals surface area contributed by atoms with Gasteiger partial charge in [-0.1, -0.05) is 13.8 Å². The molecule has 14 heavy (non-hydrogen) atoms. The van der Waals surface area contributed by atoms with Crippen molar-refractivity contribution in [1.82, 2.24) is 4.42 Å². The van der Waals surface area contributed by atoms with E-state index in [9.17, 15) is 4.79 Å². The van der Waals surface area contributed by atoms with Crippen LogP contribution >= 0.6 is 23.4 Å². The lowest BCUT2D eigenvalue weighted by atomic mass is 10.1. The van der Waals surface area contributed by atoms with Crippen LogP contribution in [-0.2, 0) is 4.74 Å². The molecule has 1 aliphatic carbocycles. The minimum Gasteiger partial charge on any atom is -0.413 e. The SMILES string of the molecule is CC1C2=C(CCl)OC(=O)N(Cl)CC21C. The van der Waals surface area contributed by atoms with Crippen LogP contribution in [0.2, 0.25) is 0 Å². The van der Waals surface area contributed by atoms with Gasteiger partial charge in [-0.05, 0) is 11.5 Å². The Hall–Kier alpha value is -0.410. The Labute approximate surface area is 92.7 Å². The number of hydrogen-bond acceptors (Lipinski definition) is 2. The quantitative estimate of drug-likeness (QED) is 0.517. The number of halogens is 2. The number of carbonyl (C=O) groups is 1. The Balaban J connectivity index is 2.36. The summed E-state index contributed by atoms with van der Waals surface area (Å²) in [6, 6.07) is 0. The molecule has 2 unspecified atom stereocenters. The number of fused-ring (bicyclic) bond motifs is 1. The number of amides is 1. The average molecular weight is 236 g/mol. The highest BCUT2D eigenvalue weighted by molar-refractivity contribution is 6.21. The van der Waals surface area contributed by atoms with E-state index in [-0.39, 0.29) is 11.3 Å². The van der Waals surface area contributed by atoms with Crippen molar-refractivity contribution in [1.29, 1.82) is 0 Å². The maximum Gasteiger partial charge on any atom is 0.429 e. The zero-order chi connectivity index (χ0) is 10.5. The van der Waals surface area contributed by atoms with Crippen LogP contribution in [-0.4, -0.2) is 22.9 Å². The lowest BCUT2D eigenvalue weighted by Crippen LogP contribution is -2.26. The van der Waals surface area contributed by atoms with Crippen LogP contribution < -0.4 is 0 Å². The fourth-order valence-electron chi connectivity index (χ4n) is 2.13. The van der Waals surface area contributed by atoms with E-state index >= 15 is 0 Å². The molecule has 0 bridgehead atoms. The first-order valence-electron chi connectivity index (χ1n) is 4.45. The van der Waals surface area contributed by atoms with Crippen LogP contribution in [0.25, 0.3) is 0 Å². The van der Waals surface area contributed by atoms with Gasteiger partial charge in [0.15, 0.2) is 0 Å². The third kappa shape index (κ3) is 1.22. The molecule has 2 rings (SSSR count). The first-order valence-corrected chi connectivity index (χ1v) is 5.32. The molecule has 1 heterocycles. The van der Waals surface area contributed by atoms with E-state index in [1.54, 1.807) is 0 Å². The number of nitrogens with zero attached hydrogens (tertiary/aromatic N) is 1. The molecule has 0 spiro atoms. The molecule has 1 saturated carbocycles. The van der Waals surface area contributed by atoms with Crippen molar-refractivity contribution in [3.05, 3.63) is 11.3 Å².